The van der Waals surface area contributed by atoms with Gasteiger partial charge >= 0.3 is 0 Å². The lowest BCUT2D eigenvalue weighted by atomic mass is 10.1. The second-order valence-electron chi connectivity index (χ2n) is 7.17. The number of aliphatic hydroxyl groups is 1. The third kappa shape index (κ3) is 5.45. The van der Waals surface area contributed by atoms with Gasteiger partial charge in [0.2, 0.25) is 5.95 Å². The molecule has 0 bridgehead atoms. The molecule has 0 radical (unpaired) electrons. The quantitative estimate of drug-likeness (QED) is 0.507. The number of benzene rings is 2. The molecule has 1 heterocycles. The highest BCUT2D eigenvalue weighted by Gasteiger charge is 2.15. The average molecular weight is 393 g/mol. The van der Waals surface area contributed by atoms with E-state index in [1.54, 1.807) is 7.11 Å². The first kappa shape index (κ1) is 20.6. The molecule has 29 heavy (non-hydrogen) atoms. The summed E-state index contributed by atoms with van der Waals surface area (Å²) in [6.07, 6.45) is 0. The molecular formula is C23H28N4O2. The molecule has 3 rings (SSSR count). The number of hydrogen-bond donors (Lipinski definition) is 3. The van der Waals surface area contributed by atoms with E-state index in [4.69, 9.17) is 4.74 Å². The molecule has 3 N–H and O–H groups in total. The Kier molecular flexibility index (Phi) is 7.03. The molecule has 0 aliphatic heterocycles. The maximum atomic E-state index is 9.68. The summed E-state index contributed by atoms with van der Waals surface area (Å²) < 4.78 is 5.43. The van der Waals surface area contributed by atoms with Gasteiger partial charge in [-0.15, -0.1) is 0 Å². The summed E-state index contributed by atoms with van der Waals surface area (Å²) in [7, 11) is 1.67. The highest BCUT2D eigenvalue weighted by Crippen LogP contribution is 2.24. The number of ether oxygens (including phenoxy) is 1. The molecule has 1 aromatic heterocycles. The molecule has 3 aromatic rings. The van der Waals surface area contributed by atoms with Crippen LogP contribution in [0.3, 0.4) is 0 Å². The molecule has 0 saturated heterocycles. The molecule has 6 nitrogen and oxygen atoms in total. The zero-order valence-electron chi connectivity index (χ0n) is 17.1. The van der Waals surface area contributed by atoms with Crippen molar-refractivity contribution in [2.24, 2.45) is 5.92 Å². The summed E-state index contributed by atoms with van der Waals surface area (Å²) in [5.74, 6) is 2.26. The summed E-state index contributed by atoms with van der Waals surface area (Å²) >= 11 is 0. The van der Waals surface area contributed by atoms with Crippen LogP contribution in [0.25, 0.3) is 11.3 Å². The lowest BCUT2D eigenvalue weighted by Gasteiger charge is -2.21. The minimum absolute atomic E-state index is 0.0145. The third-order valence-electron chi connectivity index (χ3n) is 4.76. The van der Waals surface area contributed by atoms with Crippen LogP contribution in [0, 0.1) is 5.92 Å². The number of rotatable bonds is 9. The van der Waals surface area contributed by atoms with Crippen LogP contribution < -0.4 is 15.4 Å². The van der Waals surface area contributed by atoms with Crippen molar-refractivity contribution >= 4 is 11.8 Å². The van der Waals surface area contributed by atoms with Crippen molar-refractivity contribution in [2.45, 2.75) is 26.4 Å². The van der Waals surface area contributed by atoms with E-state index < -0.39 is 0 Å². The van der Waals surface area contributed by atoms with Crippen molar-refractivity contribution in [3.05, 3.63) is 66.2 Å². The van der Waals surface area contributed by atoms with Gasteiger partial charge in [-0.25, -0.2) is 4.98 Å². The normalized spacial score (nSPS) is 11.9. The van der Waals surface area contributed by atoms with E-state index in [2.05, 4.69) is 34.4 Å². The highest BCUT2D eigenvalue weighted by molar-refractivity contribution is 5.64. The minimum Gasteiger partial charge on any atom is -0.496 e. The number of aliphatic hydroxyl groups excluding tert-OH is 1. The summed E-state index contributed by atoms with van der Waals surface area (Å²) in [5.41, 5.74) is 2.86. The standard InChI is InChI=1S/C23H28N4O2/c1-16(2)20(15-28)26-23-25-19(17-9-5-4-6-10-17)13-22(27-23)24-14-18-11-7-8-12-21(18)29-3/h4-13,16,20,28H,14-15H2,1-3H3,(H2,24,25,26,27)/t20-/m0/s1. The van der Waals surface area contributed by atoms with Crippen LogP contribution in [0.5, 0.6) is 5.75 Å². The Hall–Kier alpha value is -3.12. The Morgan fingerprint density at radius 2 is 1.72 bits per heavy atom. The van der Waals surface area contributed by atoms with Crippen molar-refractivity contribution < 1.29 is 9.84 Å². The number of aromatic nitrogens is 2. The molecule has 6 heteroatoms. The van der Waals surface area contributed by atoms with E-state index >= 15 is 0 Å². The van der Waals surface area contributed by atoms with Crippen LogP contribution in [0.15, 0.2) is 60.7 Å². The van der Waals surface area contributed by atoms with Gasteiger partial charge in [-0.05, 0) is 12.0 Å². The number of methoxy groups -OCH3 is 1. The van der Waals surface area contributed by atoms with Gasteiger partial charge in [-0.2, -0.15) is 4.98 Å². The molecule has 0 fully saturated rings. The molecule has 0 spiro atoms. The van der Waals surface area contributed by atoms with E-state index in [9.17, 15) is 5.11 Å². The van der Waals surface area contributed by atoms with Gasteiger partial charge in [0.05, 0.1) is 25.5 Å². The third-order valence-corrected chi connectivity index (χ3v) is 4.76. The fourth-order valence-electron chi connectivity index (χ4n) is 2.98. The number of nitrogens with zero attached hydrogens (tertiary/aromatic N) is 2. The van der Waals surface area contributed by atoms with Crippen LogP contribution in [-0.4, -0.2) is 34.8 Å². The molecule has 152 valence electrons. The number of anilines is 2. The van der Waals surface area contributed by atoms with E-state index in [-0.39, 0.29) is 18.6 Å². The predicted octanol–water partition coefficient (Wildman–Crippen LogP) is 4.19. The minimum atomic E-state index is -0.122. The van der Waals surface area contributed by atoms with Gasteiger partial charge in [0.1, 0.15) is 11.6 Å². The fourth-order valence-corrected chi connectivity index (χ4v) is 2.98. The molecular weight excluding hydrogens is 364 g/mol. The van der Waals surface area contributed by atoms with E-state index in [1.807, 2.05) is 60.7 Å². The average Bonchev–Trinajstić information content (AvgIpc) is 2.76. The van der Waals surface area contributed by atoms with Gasteiger partial charge in [-0.1, -0.05) is 62.4 Å². The molecule has 0 aliphatic rings. The summed E-state index contributed by atoms with van der Waals surface area (Å²) in [6.45, 7) is 4.69. The Balaban J connectivity index is 1.89. The molecule has 2 aromatic carbocycles. The van der Waals surface area contributed by atoms with Gasteiger partial charge in [-0.3, -0.25) is 0 Å². The van der Waals surface area contributed by atoms with Crippen LogP contribution in [-0.2, 0) is 6.54 Å². The summed E-state index contributed by atoms with van der Waals surface area (Å²) in [6, 6.07) is 19.7. The van der Waals surface area contributed by atoms with Gasteiger partial charge in [0, 0.05) is 23.7 Å². The van der Waals surface area contributed by atoms with Crippen LogP contribution in [0.2, 0.25) is 0 Å². The van der Waals surface area contributed by atoms with Crippen molar-refractivity contribution in [3.8, 4) is 17.0 Å². The van der Waals surface area contributed by atoms with Crippen LogP contribution >= 0.6 is 0 Å². The largest absolute Gasteiger partial charge is 0.496 e. The highest BCUT2D eigenvalue weighted by atomic mass is 16.5. The second kappa shape index (κ2) is 9.89. The maximum absolute atomic E-state index is 9.68. The van der Waals surface area contributed by atoms with Crippen molar-refractivity contribution in [1.82, 2.24) is 9.97 Å². The lowest BCUT2D eigenvalue weighted by Crippen LogP contribution is -2.30. The summed E-state index contributed by atoms with van der Waals surface area (Å²) in [5, 5.41) is 16.3. The van der Waals surface area contributed by atoms with E-state index in [0.717, 1.165) is 22.6 Å². The monoisotopic (exact) mass is 392 g/mol. The molecule has 1 atom stereocenters. The van der Waals surface area contributed by atoms with Crippen molar-refractivity contribution in [2.75, 3.05) is 24.4 Å². The van der Waals surface area contributed by atoms with Crippen LogP contribution in [0.1, 0.15) is 19.4 Å². The first-order valence-corrected chi connectivity index (χ1v) is 9.78. The van der Waals surface area contributed by atoms with Crippen molar-refractivity contribution in [1.29, 1.82) is 0 Å². The topological polar surface area (TPSA) is 79.3 Å². The second-order valence-corrected chi connectivity index (χ2v) is 7.17. The number of nitrogens with one attached hydrogen (secondary N) is 2. The van der Waals surface area contributed by atoms with Gasteiger partial charge in [0.25, 0.3) is 0 Å². The predicted molar refractivity (Wildman–Crippen MR) is 117 cm³/mol. The zero-order valence-corrected chi connectivity index (χ0v) is 17.1. The van der Waals surface area contributed by atoms with Crippen LogP contribution in [0.4, 0.5) is 11.8 Å². The Morgan fingerprint density at radius 3 is 2.41 bits per heavy atom. The summed E-state index contributed by atoms with van der Waals surface area (Å²) in [4.78, 5) is 9.28. The van der Waals surface area contributed by atoms with Gasteiger partial charge in [0.15, 0.2) is 0 Å². The van der Waals surface area contributed by atoms with E-state index in [1.165, 1.54) is 0 Å². The first-order valence-electron chi connectivity index (χ1n) is 9.78. The molecule has 0 saturated carbocycles. The van der Waals surface area contributed by atoms with Gasteiger partial charge < -0.3 is 20.5 Å². The number of hydrogen-bond acceptors (Lipinski definition) is 6. The fraction of sp³-hybridized carbons (Fsp3) is 0.304. The Morgan fingerprint density at radius 1 is 1.00 bits per heavy atom. The van der Waals surface area contributed by atoms with E-state index in [0.29, 0.717) is 18.3 Å². The SMILES string of the molecule is COc1ccccc1CNc1cc(-c2ccccc2)nc(N[C@@H](CO)C(C)C)n1. The maximum Gasteiger partial charge on any atom is 0.225 e. The smallest absolute Gasteiger partial charge is 0.225 e. The zero-order chi connectivity index (χ0) is 20.6. The Labute approximate surface area is 172 Å². The number of para-hydroxylation sites is 1. The molecule has 0 unspecified atom stereocenters. The molecule has 0 aliphatic carbocycles. The first-order chi connectivity index (χ1) is 14.1. The van der Waals surface area contributed by atoms with Crippen molar-refractivity contribution in [3.63, 3.8) is 0 Å². The Bertz CT molecular complexity index is 916. The lowest BCUT2D eigenvalue weighted by molar-refractivity contribution is 0.248. The molecule has 0 amide bonds.